The van der Waals surface area contributed by atoms with E-state index in [0.29, 0.717) is 73.1 Å². The monoisotopic (exact) mass is 1680 g/mol. The number of aromatic nitrogens is 11. The van der Waals surface area contributed by atoms with Crippen molar-refractivity contribution in [3.8, 4) is 108 Å². The summed E-state index contributed by atoms with van der Waals surface area (Å²) in [5, 5.41) is 72.0. The van der Waals surface area contributed by atoms with Crippen LogP contribution in [0, 0.1) is 0 Å². The van der Waals surface area contributed by atoms with Crippen LogP contribution in [0.4, 0.5) is 0 Å². The maximum absolute atomic E-state index is 13.7. The molecule has 0 N–H and O–H groups in total. The number of para-hydroxylation sites is 5. The number of pyridine rings is 11. The van der Waals surface area contributed by atoms with Crippen molar-refractivity contribution in [1.29, 1.82) is 0 Å². The Morgan fingerprint density at radius 3 is 0.737 bits per heavy atom. The zero-order valence-corrected chi connectivity index (χ0v) is 78.5. The summed E-state index contributed by atoms with van der Waals surface area (Å²) in [6.07, 6.45) is 12.1. The van der Waals surface area contributed by atoms with Gasteiger partial charge in [-0.2, -0.15) is 0 Å². The third kappa shape index (κ3) is 19.2. The fourth-order valence-corrected chi connectivity index (χ4v) is 13.8. The number of rotatable bonds is 7. The first-order chi connectivity index (χ1) is 55.6. The van der Waals surface area contributed by atoms with Crippen molar-refractivity contribution in [2.75, 3.05) is 0 Å². The van der Waals surface area contributed by atoms with E-state index in [4.69, 9.17) is 15.0 Å². The van der Waals surface area contributed by atoms with Crippen LogP contribution in [-0.4, -0.2) is 54.8 Å². The molecule has 0 atom stereocenters. The Kier molecular flexibility index (Phi) is 30.5. The normalized spacial score (nSPS) is 10.5. The van der Waals surface area contributed by atoms with E-state index in [0.717, 1.165) is 104 Å². The van der Waals surface area contributed by atoms with Gasteiger partial charge in [0.05, 0.1) is 84.0 Å². The number of benzene rings is 10. The first kappa shape index (κ1) is 87.8. The van der Waals surface area contributed by atoms with Crippen LogP contribution in [0.5, 0.6) is 28.7 Å². The molecule has 16 nitrogen and oxygen atoms in total. The topological polar surface area (TPSA) is 257 Å². The van der Waals surface area contributed by atoms with Gasteiger partial charge in [0.15, 0.2) is 0 Å². The van der Waals surface area contributed by atoms with Gasteiger partial charge in [0.25, 0.3) is 0 Å². The minimum Gasteiger partial charge on any atom is -0.872 e. The Morgan fingerprint density at radius 1 is 0.178 bits per heavy atom. The largest absolute Gasteiger partial charge is 1.00 e. The summed E-state index contributed by atoms with van der Waals surface area (Å²) in [6.45, 7) is 0. The van der Waals surface area contributed by atoms with Crippen molar-refractivity contribution < 1.29 is 224 Å². The van der Waals surface area contributed by atoms with Crippen molar-refractivity contribution in [2.24, 2.45) is 0 Å². The first-order valence-electron chi connectivity index (χ1n) is 36.3. The molecule has 21 heteroatoms. The standard InChI is InChI=1S/C30H18N4O.C22H14N2O.C18H12N2O.C16H12N2O.C11H9NO.Cs.K.Li.2Na/c35-30-22(24-14-12-20-10-8-18-4-2-16-31-26(18)28(20)33-24)6-1-7-23(30)25-15-13-21-11-9-19-5-3-17-32-27(19)29(21)34-25;25-19-6-2-1-5-17(19)18-12-11-16-10-8-14-7-9-15-4-3-13-23-21(15)20(14)22(16)24-18;21-16-6-2-1-5-14(16)15-10-9-13-8-7-12-4-3-11-19-17(12)18(13)20-15;19-16-12(14-8-1-3-10-17-14)6-5-7-13(16)15-9-2-4-11-18-15;13-11-7-2-1-5-9(11)10-6-3-4-8-12-10;;;;;/h1-17,35H;1-13,25H;1-11,21H;1-11,19H;1-8,13H;;;;;/q;;;;;5*+1/p-5. The fraction of sp³-hybridized carbons (Fsp3) is 0. The second kappa shape index (κ2) is 41.0. The molecule has 0 unspecified atom stereocenters. The summed E-state index contributed by atoms with van der Waals surface area (Å²) >= 11 is 0. The van der Waals surface area contributed by atoms with E-state index >= 15 is 0 Å². The Labute approximate surface area is 836 Å². The number of fused-ring (bicyclic) bond motifs is 14. The molecule has 0 aliphatic heterocycles. The Bertz CT molecular complexity index is 6950. The van der Waals surface area contributed by atoms with Crippen LogP contribution in [-0.2, 0) is 0 Å². The molecule has 0 spiro atoms. The van der Waals surface area contributed by atoms with Gasteiger partial charge in [-0.3, -0.25) is 34.9 Å². The molecule has 0 radical (unpaired) electrons. The summed E-state index contributed by atoms with van der Waals surface area (Å²) in [6, 6.07) is 100. The first-order valence-corrected chi connectivity index (χ1v) is 36.3. The molecule has 21 aromatic rings. The van der Waals surface area contributed by atoms with Crippen LogP contribution >= 0.6 is 0 Å². The second-order valence-corrected chi connectivity index (χ2v) is 26.3. The van der Waals surface area contributed by atoms with Gasteiger partial charge in [0.1, 0.15) is 0 Å². The minimum atomic E-state index is -0.104. The van der Waals surface area contributed by atoms with Crippen molar-refractivity contribution in [1.82, 2.24) is 54.8 Å². The molecule has 21 rings (SSSR count). The van der Waals surface area contributed by atoms with Gasteiger partial charge in [-0.25, -0.2) is 19.9 Å². The molecule has 0 saturated heterocycles. The van der Waals surface area contributed by atoms with E-state index in [1.807, 2.05) is 231 Å². The predicted molar refractivity (Wildman–Crippen MR) is 441 cm³/mol. The Balaban J connectivity index is 0.000000139. The summed E-state index contributed by atoms with van der Waals surface area (Å²) in [4.78, 5) is 49.9. The average Bonchev–Trinajstić information content (AvgIpc) is 0.750. The summed E-state index contributed by atoms with van der Waals surface area (Å²) < 4.78 is 0. The molecule has 10 aromatic carbocycles. The molecule has 0 fully saturated rings. The summed E-state index contributed by atoms with van der Waals surface area (Å²) in [5.41, 5.74) is 15.6. The quantitative estimate of drug-likeness (QED) is 0.160. The van der Waals surface area contributed by atoms with Gasteiger partial charge in [0, 0.05) is 91.9 Å². The van der Waals surface area contributed by atoms with Gasteiger partial charge in [-0.1, -0.05) is 265 Å². The summed E-state index contributed by atoms with van der Waals surface area (Å²) in [5.74, 6) is -0.163. The van der Waals surface area contributed by atoms with Gasteiger partial charge in [-0.05, 0) is 129 Å². The van der Waals surface area contributed by atoms with Crippen LogP contribution in [0.1, 0.15) is 0 Å². The zero-order chi connectivity index (χ0) is 76.6. The SMILES string of the molecule is [Cs+].[K+].[Li+].[Na+].[Na+].[O-]c1c(-c2ccc3ccc4cccnc4c3n2)cccc1-c1ccc2ccc3cccnc3c2n1.[O-]c1c(-c2ccccn2)cccc1-c1ccccn1.[O-]c1ccccc1-c1ccc2ccc3ccc4cccnc4c3c2n1.[O-]c1ccccc1-c1ccc2ccc3cccnc3c2n1.[O-]c1ccccc1-c1ccccn1. The fourth-order valence-electron chi connectivity index (χ4n) is 13.8. The Hall–Kier alpha value is -9.52. The number of hydrogen-bond donors (Lipinski definition) is 0. The molecule has 538 valence electrons. The molecule has 11 heterocycles. The maximum Gasteiger partial charge on any atom is 1.00 e. The van der Waals surface area contributed by atoms with Gasteiger partial charge in [0.2, 0.25) is 0 Å². The minimum absolute atomic E-state index is 0. The molecular formula is C97H60CsKLiN11Na2O5. The molecule has 0 amide bonds. The van der Waals surface area contributed by atoms with E-state index in [1.165, 1.54) is 0 Å². The summed E-state index contributed by atoms with van der Waals surface area (Å²) in [7, 11) is 0. The third-order valence-corrected chi connectivity index (χ3v) is 19.3. The molecule has 0 aliphatic rings. The van der Waals surface area contributed by atoms with Crippen LogP contribution < -0.4 is 224 Å². The average molecular weight is 1680 g/mol. The molecule has 0 aliphatic carbocycles. The smallest absolute Gasteiger partial charge is 0.872 e. The van der Waals surface area contributed by atoms with E-state index in [1.54, 1.807) is 104 Å². The maximum atomic E-state index is 13.7. The second-order valence-electron chi connectivity index (χ2n) is 26.3. The van der Waals surface area contributed by atoms with E-state index < -0.39 is 0 Å². The molecular weight excluding hydrogens is 1620 g/mol. The number of hydrogen-bond acceptors (Lipinski definition) is 16. The molecule has 0 bridgehead atoms. The van der Waals surface area contributed by atoms with Crippen LogP contribution in [0.25, 0.3) is 177 Å². The van der Waals surface area contributed by atoms with Crippen molar-refractivity contribution in [3.63, 3.8) is 0 Å². The molecule has 0 saturated carbocycles. The van der Waals surface area contributed by atoms with Crippen LogP contribution in [0.2, 0.25) is 0 Å². The predicted octanol–water partition coefficient (Wildman–Crippen LogP) is 4.21. The van der Waals surface area contributed by atoms with Crippen molar-refractivity contribution >= 4 is 98.0 Å². The van der Waals surface area contributed by atoms with Gasteiger partial charge in [-0.15, -0.1) is 0 Å². The zero-order valence-electron chi connectivity index (χ0n) is 65.1. The molecule has 11 aromatic heterocycles. The van der Waals surface area contributed by atoms with Gasteiger partial charge < -0.3 is 25.5 Å². The van der Waals surface area contributed by atoms with Crippen LogP contribution in [0.15, 0.2) is 365 Å². The van der Waals surface area contributed by atoms with E-state index in [2.05, 4.69) is 70.2 Å². The third-order valence-electron chi connectivity index (χ3n) is 19.3. The van der Waals surface area contributed by atoms with Crippen molar-refractivity contribution in [2.45, 2.75) is 0 Å². The van der Waals surface area contributed by atoms with E-state index in [9.17, 15) is 25.5 Å². The Morgan fingerprint density at radius 2 is 0.407 bits per heavy atom. The van der Waals surface area contributed by atoms with Crippen LogP contribution in [0.3, 0.4) is 0 Å². The van der Waals surface area contributed by atoms with Crippen molar-refractivity contribution in [3.05, 3.63) is 365 Å². The molecule has 118 heavy (non-hydrogen) atoms. The van der Waals surface area contributed by atoms with E-state index in [-0.39, 0.29) is 227 Å². The van der Waals surface area contributed by atoms with Gasteiger partial charge >= 0.3 is 198 Å². The number of nitrogens with zero attached hydrogens (tertiary/aromatic N) is 11.